The molecule has 0 saturated carbocycles. The van der Waals surface area contributed by atoms with Gasteiger partial charge in [0.2, 0.25) is 0 Å². The fraction of sp³-hybridized carbons (Fsp3) is 1.00. The fourth-order valence-electron chi connectivity index (χ4n) is 3.88. The summed E-state index contributed by atoms with van der Waals surface area (Å²) in [4.78, 5) is 0. The predicted molar refractivity (Wildman–Crippen MR) is 122 cm³/mol. The molecule has 0 heterocycles. The molecule has 0 aliphatic heterocycles. The molecule has 0 saturated heterocycles. The summed E-state index contributed by atoms with van der Waals surface area (Å²) in [5.74, 6) is 0. The first-order valence-electron chi connectivity index (χ1n) is 12.3. The molecule has 0 spiro atoms. The van der Waals surface area contributed by atoms with Gasteiger partial charge >= 0.3 is 0 Å². The molecule has 1 nitrogen and oxygen atoms in total. The van der Waals surface area contributed by atoms with Gasteiger partial charge in [-0.2, -0.15) is 0 Å². The third-order valence-electron chi connectivity index (χ3n) is 5.76. The first-order chi connectivity index (χ1) is 12.7. The smallest absolute Gasteiger partial charge is 0.0877 e. The van der Waals surface area contributed by atoms with Gasteiger partial charge in [0.15, 0.2) is 0 Å². The number of unbranched alkanes of at least 4 members (excludes halogenated alkanes) is 15. The van der Waals surface area contributed by atoms with E-state index >= 15 is 0 Å². The van der Waals surface area contributed by atoms with Crippen molar-refractivity contribution in [3.05, 3.63) is 0 Å². The molecule has 0 aromatic rings. The van der Waals surface area contributed by atoms with E-state index in [0.29, 0.717) is 0 Å². The van der Waals surface area contributed by atoms with Crippen molar-refractivity contribution in [2.75, 3.05) is 18.5 Å². The Morgan fingerprint density at radius 3 is 0.885 bits per heavy atom. The molecule has 1 unspecified atom stereocenters. The normalized spacial score (nSPS) is 13.8. The number of rotatable bonds is 21. The van der Waals surface area contributed by atoms with Gasteiger partial charge in [-0.15, -0.1) is 0 Å². The monoisotopic (exact) mass is 386 g/mol. The third-order valence-corrected chi connectivity index (χ3v) is 9.15. The molecule has 0 rings (SSSR count). The van der Waals surface area contributed by atoms with Crippen LogP contribution < -0.4 is 0 Å². The summed E-state index contributed by atoms with van der Waals surface area (Å²) in [6.45, 7) is 6.82. The maximum atomic E-state index is 13.5. The quantitative estimate of drug-likeness (QED) is 0.142. The van der Waals surface area contributed by atoms with Gasteiger partial charge in [-0.3, -0.25) is 0 Å². The largest absolute Gasteiger partial charge is 0.324 e. The van der Waals surface area contributed by atoms with Crippen molar-refractivity contribution in [3.8, 4) is 0 Å². The highest BCUT2D eigenvalue weighted by Crippen LogP contribution is 2.48. The number of hydrogen-bond donors (Lipinski definition) is 0. The molecule has 0 aliphatic rings. The Morgan fingerprint density at radius 2 is 0.615 bits per heavy atom. The molecule has 2 heteroatoms. The molecule has 26 heavy (non-hydrogen) atoms. The Hall–Kier alpha value is 0.230. The van der Waals surface area contributed by atoms with Crippen molar-refractivity contribution in [2.24, 2.45) is 0 Å². The van der Waals surface area contributed by atoms with Crippen LogP contribution in [0, 0.1) is 0 Å². The maximum absolute atomic E-state index is 13.5. The molecule has 0 fully saturated rings. The second-order valence-corrected chi connectivity index (χ2v) is 12.0. The van der Waals surface area contributed by atoms with E-state index in [1.54, 1.807) is 0 Å². The van der Waals surface area contributed by atoms with Gasteiger partial charge in [0, 0.05) is 18.5 Å². The van der Waals surface area contributed by atoms with E-state index in [9.17, 15) is 4.57 Å². The molecule has 0 aromatic heterocycles. The van der Waals surface area contributed by atoms with E-state index in [1.165, 1.54) is 116 Å². The zero-order valence-electron chi connectivity index (χ0n) is 18.7. The third kappa shape index (κ3) is 17.6. The highest BCUT2D eigenvalue weighted by atomic mass is 31.2. The predicted octanol–water partition coefficient (Wildman–Crippen LogP) is 9.43. The summed E-state index contributed by atoms with van der Waals surface area (Å²) in [7, 11) is -1.88. The molecule has 0 bridgehead atoms. The zero-order valence-corrected chi connectivity index (χ0v) is 19.6. The molecule has 0 aliphatic carbocycles. The fourth-order valence-corrected chi connectivity index (χ4v) is 6.95. The first kappa shape index (κ1) is 26.2. The van der Waals surface area contributed by atoms with Crippen LogP contribution >= 0.6 is 7.14 Å². The number of hydrogen-bond acceptors (Lipinski definition) is 1. The average molecular weight is 387 g/mol. The lowest BCUT2D eigenvalue weighted by Crippen LogP contribution is -2.02. The highest BCUT2D eigenvalue weighted by molar-refractivity contribution is 7.63. The van der Waals surface area contributed by atoms with Crippen LogP contribution in [0.5, 0.6) is 0 Å². The minimum absolute atomic E-state index is 1.04. The molecule has 0 amide bonds. The molecular formula is C24H51OP. The molecule has 0 N–H and O–H groups in total. The minimum Gasteiger partial charge on any atom is -0.324 e. The van der Waals surface area contributed by atoms with E-state index in [1.807, 2.05) is 0 Å². The lowest BCUT2D eigenvalue weighted by atomic mass is 10.1. The van der Waals surface area contributed by atoms with Crippen LogP contribution in [-0.4, -0.2) is 18.5 Å². The van der Waals surface area contributed by atoms with Crippen molar-refractivity contribution in [1.29, 1.82) is 0 Å². The molecule has 1 atom stereocenters. The van der Waals surface area contributed by atoms with Crippen molar-refractivity contribution in [1.82, 2.24) is 0 Å². The zero-order chi connectivity index (χ0) is 19.3. The van der Waals surface area contributed by atoms with Gasteiger partial charge in [0.05, 0.1) is 7.14 Å². The summed E-state index contributed by atoms with van der Waals surface area (Å²) in [5, 5.41) is 0. The summed E-state index contributed by atoms with van der Waals surface area (Å²) in [6.07, 6.45) is 26.9. The lowest BCUT2D eigenvalue weighted by molar-refractivity contribution is 0.555. The Balaban J connectivity index is 4.03. The minimum atomic E-state index is -1.88. The van der Waals surface area contributed by atoms with Gasteiger partial charge in [0.25, 0.3) is 0 Å². The van der Waals surface area contributed by atoms with Crippen molar-refractivity contribution >= 4 is 7.14 Å². The highest BCUT2D eigenvalue weighted by Gasteiger charge is 2.20. The Morgan fingerprint density at radius 1 is 0.385 bits per heavy atom. The average Bonchev–Trinajstić information content (AvgIpc) is 2.64. The van der Waals surface area contributed by atoms with Crippen LogP contribution in [0.2, 0.25) is 0 Å². The van der Waals surface area contributed by atoms with Crippen molar-refractivity contribution in [3.63, 3.8) is 0 Å². The Kier molecular flexibility index (Phi) is 20.2. The van der Waals surface area contributed by atoms with Crippen LogP contribution in [0.25, 0.3) is 0 Å². The molecule has 0 radical (unpaired) electrons. The Bertz CT molecular complexity index is 313. The van der Waals surface area contributed by atoms with Gasteiger partial charge < -0.3 is 4.57 Å². The summed E-state index contributed by atoms with van der Waals surface area (Å²) >= 11 is 0. The van der Waals surface area contributed by atoms with Gasteiger partial charge in [-0.05, 0) is 19.3 Å². The van der Waals surface area contributed by atoms with E-state index in [4.69, 9.17) is 0 Å². The van der Waals surface area contributed by atoms with Crippen LogP contribution in [0.1, 0.15) is 136 Å². The van der Waals surface area contributed by atoms with E-state index < -0.39 is 7.14 Å². The van der Waals surface area contributed by atoms with Crippen LogP contribution in [-0.2, 0) is 4.57 Å². The Labute approximate surface area is 166 Å². The van der Waals surface area contributed by atoms with Crippen molar-refractivity contribution in [2.45, 2.75) is 136 Å². The van der Waals surface area contributed by atoms with Crippen molar-refractivity contribution < 1.29 is 4.57 Å². The molecular weight excluding hydrogens is 335 g/mol. The standard InChI is InChI=1S/C24H51OP/c1-4-7-10-13-15-18-21-24-26(25,22-19-16-12-9-6-3)23-20-17-14-11-8-5-2/h4-24H2,1-3H3. The first-order valence-corrected chi connectivity index (χ1v) is 14.5. The SMILES string of the molecule is CCCCCCCCCP(=O)(CCCCCCC)CCCCCCCC. The lowest BCUT2D eigenvalue weighted by Gasteiger charge is -2.18. The van der Waals surface area contributed by atoms with Crippen LogP contribution in [0.15, 0.2) is 0 Å². The van der Waals surface area contributed by atoms with E-state index in [-0.39, 0.29) is 0 Å². The second-order valence-electron chi connectivity index (χ2n) is 8.53. The second kappa shape index (κ2) is 20.0. The molecule has 0 aromatic carbocycles. The van der Waals surface area contributed by atoms with E-state index in [2.05, 4.69) is 20.8 Å². The van der Waals surface area contributed by atoms with Crippen LogP contribution in [0.3, 0.4) is 0 Å². The summed E-state index contributed by atoms with van der Waals surface area (Å²) in [6, 6.07) is 0. The summed E-state index contributed by atoms with van der Waals surface area (Å²) < 4.78 is 13.5. The maximum Gasteiger partial charge on any atom is 0.0877 e. The van der Waals surface area contributed by atoms with Gasteiger partial charge in [-0.25, -0.2) is 0 Å². The van der Waals surface area contributed by atoms with Gasteiger partial charge in [0.1, 0.15) is 0 Å². The van der Waals surface area contributed by atoms with Crippen LogP contribution in [0.4, 0.5) is 0 Å². The topological polar surface area (TPSA) is 17.1 Å². The summed E-state index contributed by atoms with van der Waals surface area (Å²) in [5.41, 5.74) is 0. The molecule has 158 valence electrons. The van der Waals surface area contributed by atoms with E-state index in [0.717, 1.165) is 18.5 Å². The van der Waals surface area contributed by atoms with Gasteiger partial charge in [-0.1, -0.05) is 117 Å².